The third-order valence-electron chi connectivity index (χ3n) is 3.81. The molecule has 0 N–H and O–H groups in total. The van der Waals surface area contributed by atoms with E-state index in [0.717, 1.165) is 23.8 Å². The highest BCUT2D eigenvalue weighted by molar-refractivity contribution is 5.90. The van der Waals surface area contributed by atoms with Crippen LogP contribution in [-0.4, -0.2) is 36.3 Å². The van der Waals surface area contributed by atoms with Crippen molar-refractivity contribution in [1.29, 1.82) is 0 Å². The van der Waals surface area contributed by atoms with Gasteiger partial charge in [-0.2, -0.15) is 0 Å². The average molecular weight is 407 g/mol. The molecule has 0 aliphatic rings. The Kier molecular flexibility index (Phi) is 7.41. The van der Waals surface area contributed by atoms with E-state index in [0.29, 0.717) is 12.1 Å². The zero-order valence-electron chi connectivity index (χ0n) is 15.8. The number of benzene rings is 2. The number of rotatable bonds is 7. The lowest BCUT2D eigenvalue weighted by molar-refractivity contribution is -0.274. The Hall–Kier alpha value is -3.29. The van der Waals surface area contributed by atoms with Crippen molar-refractivity contribution in [3.05, 3.63) is 71.8 Å². The molecule has 8 heteroatoms. The van der Waals surface area contributed by atoms with Gasteiger partial charge in [0.1, 0.15) is 5.75 Å². The van der Waals surface area contributed by atoms with Gasteiger partial charge in [0, 0.05) is 19.7 Å². The SMILES string of the molecule is C[C@H](OC(=O)/C=C/c1ccc(OC(F)(F)F)cc1)C(=O)N(C)Cc1ccccc1. The first-order valence-electron chi connectivity index (χ1n) is 8.67. The zero-order valence-corrected chi connectivity index (χ0v) is 15.8. The van der Waals surface area contributed by atoms with Gasteiger partial charge in [0.2, 0.25) is 0 Å². The first-order valence-corrected chi connectivity index (χ1v) is 8.67. The molecule has 1 amide bonds. The van der Waals surface area contributed by atoms with Crippen LogP contribution >= 0.6 is 0 Å². The molecule has 154 valence electrons. The second-order valence-corrected chi connectivity index (χ2v) is 6.21. The molecule has 0 saturated heterocycles. The molecule has 29 heavy (non-hydrogen) atoms. The molecule has 0 unspecified atom stereocenters. The summed E-state index contributed by atoms with van der Waals surface area (Å²) in [5.41, 5.74) is 1.41. The number of alkyl halides is 3. The topological polar surface area (TPSA) is 55.8 Å². The maximum absolute atomic E-state index is 12.3. The molecule has 0 bridgehead atoms. The van der Waals surface area contributed by atoms with E-state index in [1.54, 1.807) is 7.05 Å². The number of esters is 1. The molecule has 2 rings (SSSR count). The van der Waals surface area contributed by atoms with Crippen molar-refractivity contribution in [2.45, 2.75) is 25.9 Å². The Balaban J connectivity index is 1.86. The Morgan fingerprint density at radius 2 is 1.69 bits per heavy atom. The minimum Gasteiger partial charge on any atom is -0.449 e. The Morgan fingerprint density at radius 1 is 1.07 bits per heavy atom. The van der Waals surface area contributed by atoms with Gasteiger partial charge in [-0.3, -0.25) is 4.79 Å². The molecule has 0 aromatic heterocycles. The number of ether oxygens (including phenoxy) is 2. The second-order valence-electron chi connectivity index (χ2n) is 6.21. The summed E-state index contributed by atoms with van der Waals surface area (Å²) in [5, 5.41) is 0. The lowest BCUT2D eigenvalue weighted by atomic mass is 10.2. The summed E-state index contributed by atoms with van der Waals surface area (Å²) >= 11 is 0. The molecule has 0 aliphatic heterocycles. The molecule has 1 atom stereocenters. The Labute approximate surface area is 166 Å². The lowest BCUT2D eigenvalue weighted by Crippen LogP contribution is -2.36. The molecule has 0 radical (unpaired) electrons. The summed E-state index contributed by atoms with van der Waals surface area (Å²) in [6, 6.07) is 14.3. The highest BCUT2D eigenvalue weighted by Crippen LogP contribution is 2.23. The molecule has 2 aromatic carbocycles. The van der Waals surface area contributed by atoms with Gasteiger partial charge in [-0.1, -0.05) is 42.5 Å². The van der Waals surface area contributed by atoms with E-state index in [2.05, 4.69) is 4.74 Å². The summed E-state index contributed by atoms with van der Waals surface area (Å²) in [7, 11) is 1.61. The van der Waals surface area contributed by atoms with Crippen LogP contribution < -0.4 is 4.74 Å². The number of nitrogens with zero attached hydrogens (tertiary/aromatic N) is 1. The third kappa shape index (κ3) is 7.69. The van der Waals surface area contributed by atoms with Crippen LogP contribution in [0.15, 0.2) is 60.7 Å². The fourth-order valence-electron chi connectivity index (χ4n) is 2.45. The van der Waals surface area contributed by atoms with Crippen molar-refractivity contribution in [2.24, 2.45) is 0 Å². The first-order chi connectivity index (χ1) is 13.6. The Morgan fingerprint density at radius 3 is 2.28 bits per heavy atom. The molecule has 0 spiro atoms. The zero-order chi connectivity index (χ0) is 21.4. The van der Waals surface area contributed by atoms with Gasteiger partial charge in [-0.15, -0.1) is 13.2 Å². The van der Waals surface area contributed by atoms with Crippen molar-refractivity contribution in [1.82, 2.24) is 4.90 Å². The van der Waals surface area contributed by atoms with E-state index in [1.165, 1.54) is 30.0 Å². The number of carbonyl (C=O) groups excluding carboxylic acids is 2. The van der Waals surface area contributed by atoms with Gasteiger partial charge in [0.15, 0.2) is 6.10 Å². The standard InChI is InChI=1S/C21H20F3NO4/c1-15(20(27)25(2)14-17-6-4-3-5-7-17)28-19(26)13-10-16-8-11-18(12-9-16)29-21(22,23)24/h3-13,15H,14H2,1-2H3/b13-10+/t15-/m0/s1. The van der Waals surface area contributed by atoms with Crippen LogP contribution in [0.2, 0.25) is 0 Å². The highest BCUT2D eigenvalue weighted by Gasteiger charge is 2.30. The summed E-state index contributed by atoms with van der Waals surface area (Å²) in [5.74, 6) is -1.46. The van der Waals surface area contributed by atoms with Crippen molar-refractivity contribution >= 4 is 18.0 Å². The molecular weight excluding hydrogens is 387 g/mol. The number of hydrogen-bond donors (Lipinski definition) is 0. The molecule has 0 aliphatic carbocycles. The summed E-state index contributed by atoms with van der Waals surface area (Å²) < 4.78 is 45.3. The smallest absolute Gasteiger partial charge is 0.449 e. The minimum absolute atomic E-state index is 0.357. The van der Waals surface area contributed by atoms with Gasteiger partial charge in [-0.05, 0) is 36.3 Å². The van der Waals surface area contributed by atoms with Crippen molar-refractivity contribution in [3.8, 4) is 5.75 Å². The molecule has 2 aromatic rings. The van der Waals surface area contributed by atoms with Gasteiger partial charge in [-0.25, -0.2) is 4.79 Å². The van der Waals surface area contributed by atoms with E-state index < -0.39 is 18.4 Å². The van der Waals surface area contributed by atoms with E-state index in [-0.39, 0.29) is 11.7 Å². The van der Waals surface area contributed by atoms with Gasteiger partial charge < -0.3 is 14.4 Å². The number of halogens is 3. The van der Waals surface area contributed by atoms with Gasteiger partial charge in [0.25, 0.3) is 5.91 Å². The van der Waals surface area contributed by atoms with E-state index in [9.17, 15) is 22.8 Å². The van der Waals surface area contributed by atoms with E-state index in [1.807, 2.05) is 30.3 Å². The van der Waals surface area contributed by atoms with Crippen molar-refractivity contribution in [2.75, 3.05) is 7.05 Å². The average Bonchev–Trinajstić information content (AvgIpc) is 2.66. The summed E-state index contributed by atoms with van der Waals surface area (Å²) in [4.78, 5) is 25.7. The third-order valence-corrected chi connectivity index (χ3v) is 3.81. The number of likely N-dealkylation sites (N-methyl/N-ethyl adjacent to an activating group) is 1. The van der Waals surface area contributed by atoms with Crippen LogP contribution in [0.5, 0.6) is 5.75 Å². The van der Waals surface area contributed by atoms with E-state index >= 15 is 0 Å². The predicted molar refractivity (Wildman–Crippen MR) is 101 cm³/mol. The van der Waals surface area contributed by atoms with Crippen LogP contribution in [0.3, 0.4) is 0 Å². The normalized spacial score (nSPS) is 12.4. The molecule has 5 nitrogen and oxygen atoms in total. The first kappa shape index (κ1) is 22.0. The number of hydrogen-bond acceptors (Lipinski definition) is 4. The molecule has 0 heterocycles. The van der Waals surface area contributed by atoms with E-state index in [4.69, 9.17) is 4.74 Å². The quantitative estimate of drug-likeness (QED) is 0.510. The summed E-state index contributed by atoms with van der Waals surface area (Å²) in [6.45, 7) is 1.85. The number of carbonyl (C=O) groups is 2. The Bertz CT molecular complexity index is 848. The predicted octanol–water partition coefficient (Wildman–Crippen LogP) is 4.19. The lowest BCUT2D eigenvalue weighted by Gasteiger charge is -2.21. The van der Waals surface area contributed by atoms with Crippen LogP contribution in [0.1, 0.15) is 18.1 Å². The van der Waals surface area contributed by atoms with Gasteiger partial charge >= 0.3 is 12.3 Å². The number of amides is 1. The monoisotopic (exact) mass is 407 g/mol. The van der Waals surface area contributed by atoms with Crippen molar-refractivity contribution < 1.29 is 32.2 Å². The van der Waals surface area contributed by atoms with Crippen molar-refractivity contribution in [3.63, 3.8) is 0 Å². The fourth-order valence-corrected chi connectivity index (χ4v) is 2.45. The fraction of sp³-hybridized carbons (Fsp3) is 0.238. The largest absolute Gasteiger partial charge is 0.573 e. The van der Waals surface area contributed by atoms with Gasteiger partial charge in [0.05, 0.1) is 0 Å². The molecular formula is C21H20F3NO4. The highest BCUT2D eigenvalue weighted by atomic mass is 19.4. The maximum atomic E-state index is 12.3. The molecule has 0 fully saturated rings. The van der Waals surface area contributed by atoms with Crippen LogP contribution in [-0.2, 0) is 20.9 Å². The maximum Gasteiger partial charge on any atom is 0.573 e. The van der Waals surface area contributed by atoms with Crippen LogP contribution in [0.4, 0.5) is 13.2 Å². The molecule has 0 saturated carbocycles. The second kappa shape index (κ2) is 9.77. The van der Waals surface area contributed by atoms with Crippen LogP contribution in [0, 0.1) is 0 Å². The minimum atomic E-state index is -4.77. The van der Waals surface area contributed by atoms with Crippen LogP contribution in [0.25, 0.3) is 6.08 Å². The summed E-state index contributed by atoms with van der Waals surface area (Å²) in [6.07, 6.45) is -3.29.